The third-order valence-corrected chi connectivity index (χ3v) is 4.89. The Bertz CT molecular complexity index is 397. The molecule has 2 aliphatic carbocycles. The van der Waals surface area contributed by atoms with Crippen molar-refractivity contribution in [1.29, 1.82) is 0 Å². The lowest BCUT2D eigenvalue weighted by atomic mass is 9.89. The first-order chi connectivity index (χ1) is 7.31. The number of nitrogens with zero attached hydrogens (tertiary/aromatic N) is 1. The topological polar surface area (TPSA) is 40.7 Å². The van der Waals surface area contributed by atoms with Gasteiger partial charge in [-0.05, 0) is 49.2 Å². The highest BCUT2D eigenvalue weighted by molar-refractivity contribution is 7.73. The van der Waals surface area contributed by atoms with Gasteiger partial charge in [0.25, 0.3) is 0 Å². The molecule has 0 aromatic carbocycles. The minimum atomic E-state index is 0.755. The Balaban J connectivity index is 1.56. The molecule has 2 aliphatic rings. The van der Waals surface area contributed by atoms with Crippen LogP contribution < -0.4 is 5.32 Å². The van der Waals surface area contributed by atoms with Crippen molar-refractivity contribution in [3.8, 4) is 0 Å². The van der Waals surface area contributed by atoms with Gasteiger partial charge >= 0.3 is 0 Å². The number of fused-ring (bicyclic) bond motifs is 2. The van der Waals surface area contributed by atoms with Crippen molar-refractivity contribution < 1.29 is 0 Å². The molecule has 0 saturated heterocycles. The highest BCUT2D eigenvalue weighted by atomic mass is 32.1. The van der Waals surface area contributed by atoms with Crippen molar-refractivity contribution in [3.63, 3.8) is 0 Å². The minimum Gasteiger partial charge on any atom is -0.360 e. The van der Waals surface area contributed by atoms with Crippen LogP contribution in [0.25, 0.3) is 0 Å². The fraction of sp³-hybridized carbons (Fsp3) is 0.800. The Morgan fingerprint density at radius 1 is 1.47 bits per heavy atom. The van der Waals surface area contributed by atoms with Crippen LogP contribution in [0.5, 0.6) is 0 Å². The second-order valence-corrected chi connectivity index (χ2v) is 6.40. The molecule has 3 rings (SSSR count). The van der Waals surface area contributed by atoms with Gasteiger partial charge in [-0.3, -0.25) is 5.10 Å². The first-order valence-electron chi connectivity index (χ1n) is 5.60. The predicted octanol–water partition coefficient (Wildman–Crippen LogP) is 3.05. The number of H-pyrrole nitrogens is 1. The number of hydrogen-bond acceptors (Lipinski definition) is 4. The van der Waals surface area contributed by atoms with Gasteiger partial charge in [0.05, 0.1) is 0 Å². The summed E-state index contributed by atoms with van der Waals surface area (Å²) in [6.45, 7) is 1.08. The summed E-state index contributed by atoms with van der Waals surface area (Å²) in [6, 6.07) is 0. The highest BCUT2D eigenvalue weighted by Gasteiger charge is 2.39. The maximum Gasteiger partial charge on any atom is 0.204 e. The zero-order valence-corrected chi connectivity index (χ0v) is 10.2. The summed E-state index contributed by atoms with van der Waals surface area (Å²) in [5.41, 5.74) is 0. The van der Waals surface area contributed by atoms with Crippen LogP contribution in [-0.4, -0.2) is 16.7 Å². The Kier molecular flexibility index (Phi) is 2.52. The van der Waals surface area contributed by atoms with Crippen LogP contribution in [0, 0.1) is 21.7 Å². The number of nitrogens with one attached hydrogen (secondary N) is 2. The fourth-order valence-electron chi connectivity index (χ4n) is 3.15. The molecule has 1 aromatic heterocycles. The van der Waals surface area contributed by atoms with Gasteiger partial charge in [-0.2, -0.15) is 0 Å². The van der Waals surface area contributed by atoms with E-state index in [0.29, 0.717) is 0 Å². The van der Waals surface area contributed by atoms with Gasteiger partial charge in [0.2, 0.25) is 5.13 Å². The third kappa shape index (κ3) is 1.95. The number of hydrogen-bond donors (Lipinski definition) is 2. The molecular weight excluding hydrogens is 226 g/mol. The molecule has 1 heterocycles. The number of anilines is 1. The van der Waals surface area contributed by atoms with Crippen molar-refractivity contribution in [2.24, 2.45) is 17.8 Å². The molecule has 1 aromatic rings. The summed E-state index contributed by atoms with van der Waals surface area (Å²) in [6.07, 6.45) is 5.83. The van der Waals surface area contributed by atoms with E-state index in [0.717, 1.165) is 33.4 Å². The number of rotatable bonds is 3. The molecule has 2 N–H and O–H groups in total. The van der Waals surface area contributed by atoms with Crippen molar-refractivity contribution in [1.82, 2.24) is 10.2 Å². The third-order valence-electron chi connectivity index (χ3n) is 3.84. The molecule has 2 bridgehead atoms. The van der Waals surface area contributed by atoms with Gasteiger partial charge < -0.3 is 5.32 Å². The Hall–Kier alpha value is -0.420. The molecular formula is C10H15N3S2. The molecule has 3 atom stereocenters. The molecule has 2 fully saturated rings. The number of aromatic amines is 1. The summed E-state index contributed by atoms with van der Waals surface area (Å²) in [4.78, 5) is 0. The smallest absolute Gasteiger partial charge is 0.204 e. The standard InChI is InChI=1S/C10H15N3S2/c14-10-13-12-9(15-10)11-5-8-4-6-1-2-7(8)3-6/h6-8H,1-5H2,(H,11,12)(H,13,14). The quantitative estimate of drug-likeness (QED) is 0.799. The zero-order chi connectivity index (χ0) is 10.3. The van der Waals surface area contributed by atoms with Crippen LogP contribution in [0.15, 0.2) is 0 Å². The average Bonchev–Trinajstić information content (AvgIpc) is 2.90. The summed E-state index contributed by atoms with van der Waals surface area (Å²) in [7, 11) is 0. The van der Waals surface area contributed by atoms with E-state index in [9.17, 15) is 0 Å². The van der Waals surface area contributed by atoms with Gasteiger partial charge in [0.15, 0.2) is 3.95 Å². The first kappa shape index (κ1) is 9.78. The van der Waals surface area contributed by atoms with Gasteiger partial charge in [-0.25, -0.2) is 0 Å². The van der Waals surface area contributed by atoms with Crippen LogP contribution in [-0.2, 0) is 0 Å². The molecule has 15 heavy (non-hydrogen) atoms. The van der Waals surface area contributed by atoms with Gasteiger partial charge in [0.1, 0.15) is 0 Å². The monoisotopic (exact) mass is 241 g/mol. The molecule has 5 heteroatoms. The van der Waals surface area contributed by atoms with Crippen molar-refractivity contribution >= 4 is 28.7 Å². The summed E-state index contributed by atoms with van der Waals surface area (Å²) in [5, 5.41) is 11.3. The largest absolute Gasteiger partial charge is 0.360 e. The van der Waals surface area contributed by atoms with E-state index in [1.54, 1.807) is 0 Å². The molecule has 82 valence electrons. The normalized spacial score (nSPS) is 33.5. The maximum absolute atomic E-state index is 5.00. The van der Waals surface area contributed by atoms with Gasteiger partial charge in [-0.15, -0.1) is 5.10 Å². The van der Waals surface area contributed by atoms with E-state index in [1.807, 2.05) is 0 Å². The molecule has 3 nitrogen and oxygen atoms in total. The van der Waals surface area contributed by atoms with E-state index in [-0.39, 0.29) is 0 Å². The van der Waals surface area contributed by atoms with Crippen LogP contribution in [0.3, 0.4) is 0 Å². The Morgan fingerprint density at radius 3 is 3.00 bits per heavy atom. The zero-order valence-electron chi connectivity index (χ0n) is 8.53. The fourth-order valence-corrected chi connectivity index (χ4v) is 3.95. The van der Waals surface area contributed by atoms with Gasteiger partial charge in [0, 0.05) is 6.54 Å². The summed E-state index contributed by atoms with van der Waals surface area (Å²) in [5.74, 6) is 2.88. The van der Waals surface area contributed by atoms with Crippen LogP contribution in [0.4, 0.5) is 5.13 Å². The van der Waals surface area contributed by atoms with Crippen molar-refractivity contribution in [2.75, 3.05) is 11.9 Å². The lowest BCUT2D eigenvalue weighted by Gasteiger charge is -2.21. The summed E-state index contributed by atoms with van der Waals surface area (Å²) >= 11 is 6.52. The molecule has 0 aliphatic heterocycles. The van der Waals surface area contributed by atoms with Crippen molar-refractivity contribution in [2.45, 2.75) is 25.7 Å². The number of aromatic nitrogens is 2. The van der Waals surface area contributed by atoms with Crippen LogP contribution >= 0.6 is 23.6 Å². The summed E-state index contributed by atoms with van der Waals surface area (Å²) < 4.78 is 0.755. The van der Waals surface area contributed by atoms with E-state index in [1.165, 1.54) is 37.0 Å². The molecule has 3 unspecified atom stereocenters. The van der Waals surface area contributed by atoms with Crippen molar-refractivity contribution in [3.05, 3.63) is 3.95 Å². The van der Waals surface area contributed by atoms with Gasteiger partial charge in [-0.1, -0.05) is 17.8 Å². The Morgan fingerprint density at radius 2 is 2.40 bits per heavy atom. The minimum absolute atomic E-state index is 0.755. The predicted molar refractivity (Wildman–Crippen MR) is 64.7 cm³/mol. The molecule has 0 spiro atoms. The molecule has 0 amide bonds. The SMILES string of the molecule is S=c1[nH]nc(NCC2CC3CCC2C3)s1. The molecule has 2 saturated carbocycles. The van der Waals surface area contributed by atoms with Crippen LogP contribution in [0.1, 0.15) is 25.7 Å². The van der Waals surface area contributed by atoms with Crippen LogP contribution in [0.2, 0.25) is 0 Å². The van der Waals surface area contributed by atoms with E-state index in [4.69, 9.17) is 12.2 Å². The maximum atomic E-state index is 5.00. The van der Waals surface area contributed by atoms with E-state index in [2.05, 4.69) is 15.5 Å². The van der Waals surface area contributed by atoms with E-state index >= 15 is 0 Å². The second-order valence-electron chi connectivity index (χ2n) is 4.73. The molecule has 0 radical (unpaired) electrons. The average molecular weight is 241 g/mol. The Labute approximate surface area is 98.3 Å². The highest BCUT2D eigenvalue weighted by Crippen LogP contribution is 2.48. The first-order valence-corrected chi connectivity index (χ1v) is 6.83. The van der Waals surface area contributed by atoms with E-state index < -0.39 is 0 Å². The second kappa shape index (κ2) is 3.87. The lowest BCUT2D eigenvalue weighted by Crippen LogP contribution is -2.19. The lowest BCUT2D eigenvalue weighted by molar-refractivity contribution is 0.348.